The second kappa shape index (κ2) is 10.3. The number of nitrogens with one attached hydrogen (secondary N) is 1. The maximum absolute atomic E-state index is 13.6. The third-order valence-corrected chi connectivity index (χ3v) is 6.61. The van der Waals surface area contributed by atoms with Gasteiger partial charge in [0.2, 0.25) is 11.8 Å². The van der Waals surface area contributed by atoms with Crippen molar-refractivity contribution in [2.24, 2.45) is 10.9 Å². The molecule has 3 amide bonds. The number of amides is 3. The number of non-ortho nitro benzene ring substituents is 1. The number of rotatable bonds is 7. The Hall–Kier alpha value is -5.14. The summed E-state index contributed by atoms with van der Waals surface area (Å²) in [4.78, 5) is 65.9. The fraction of sp³-hybridized carbons (Fsp3) is 0.280. The minimum Gasteiger partial charge on any atom is -0.387 e. The van der Waals surface area contributed by atoms with Crippen molar-refractivity contribution in [1.29, 1.82) is 0 Å². The topological polar surface area (TPSA) is 200 Å². The molecular weight excluding hydrogens is 512 g/mol. The molecule has 2 unspecified atom stereocenters. The quantitative estimate of drug-likeness (QED) is 0.305. The number of anilines is 1. The van der Waals surface area contributed by atoms with Gasteiger partial charge >= 0.3 is 0 Å². The summed E-state index contributed by atoms with van der Waals surface area (Å²) in [6.07, 6.45) is 3.17. The number of nitrogens with zero attached hydrogens (tertiary/aromatic N) is 4. The lowest BCUT2D eigenvalue weighted by molar-refractivity contribution is -0.394. The van der Waals surface area contributed by atoms with Crippen LogP contribution < -0.4 is 11.1 Å². The van der Waals surface area contributed by atoms with E-state index in [-0.39, 0.29) is 36.4 Å². The molecule has 2 heterocycles. The predicted molar refractivity (Wildman–Crippen MR) is 138 cm³/mol. The summed E-state index contributed by atoms with van der Waals surface area (Å²) in [5.74, 6) is -1.96. The van der Waals surface area contributed by atoms with Crippen LogP contribution in [-0.4, -0.2) is 56.4 Å². The highest BCUT2D eigenvalue weighted by molar-refractivity contribution is 6.05. The first-order valence-electron chi connectivity index (χ1n) is 11.8. The molecule has 1 spiro atoms. The van der Waals surface area contributed by atoms with E-state index in [1.807, 2.05) is 0 Å². The molecule has 1 fully saturated rings. The van der Waals surface area contributed by atoms with E-state index in [0.29, 0.717) is 17.0 Å². The van der Waals surface area contributed by atoms with Gasteiger partial charge in [0.1, 0.15) is 6.04 Å². The Bertz CT molecular complexity index is 1470. The number of carbonyl (C=O) groups is 3. The molecule has 0 aliphatic carbocycles. The van der Waals surface area contributed by atoms with Crippen LogP contribution in [0.3, 0.4) is 0 Å². The summed E-state index contributed by atoms with van der Waals surface area (Å²) in [7, 11) is 0. The van der Waals surface area contributed by atoms with Gasteiger partial charge in [0.15, 0.2) is 5.60 Å². The molecule has 2 aliphatic heterocycles. The van der Waals surface area contributed by atoms with Gasteiger partial charge in [-0.15, -0.1) is 0 Å². The number of benzene rings is 2. The molecule has 2 atom stereocenters. The number of nitrogens with two attached hydrogens (primary N) is 1. The van der Waals surface area contributed by atoms with Gasteiger partial charge in [-0.05, 0) is 32.1 Å². The monoisotopic (exact) mass is 536 g/mol. The highest BCUT2D eigenvalue weighted by Gasteiger charge is 2.53. The molecule has 0 radical (unpaired) electrons. The molecule has 3 N–H and O–H groups in total. The van der Waals surface area contributed by atoms with Gasteiger partial charge in [-0.25, -0.2) is 0 Å². The van der Waals surface area contributed by atoms with Gasteiger partial charge in [-0.3, -0.25) is 34.6 Å². The third-order valence-electron chi connectivity index (χ3n) is 6.61. The molecule has 2 aliphatic rings. The van der Waals surface area contributed by atoms with Crippen LogP contribution in [0.25, 0.3) is 0 Å². The van der Waals surface area contributed by atoms with E-state index >= 15 is 0 Å². The van der Waals surface area contributed by atoms with Crippen LogP contribution in [0.5, 0.6) is 0 Å². The zero-order valence-corrected chi connectivity index (χ0v) is 20.9. The van der Waals surface area contributed by atoms with Crippen LogP contribution in [0.2, 0.25) is 0 Å². The van der Waals surface area contributed by atoms with Crippen molar-refractivity contribution in [1.82, 2.24) is 4.90 Å². The van der Waals surface area contributed by atoms with Gasteiger partial charge in [0.25, 0.3) is 17.3 Å². The van der Waals surface area contributed by atoms with Gasteiger partial charge in [0.05, 0.1) is 33.7 Å². The Morgan fingerprint density at radius 1 is 1.21 bits per heavy atom. The average Bonchev–Trinajstić information content (AvgIpc) is 3.47. The fourth-order valence-electron chi connectivity index (χ4n) is 4.75. The van der Waals surface area contributed by atoms with Gasteiger partial charge < -0.3 is 20.8 Å². The minimum atomic E-state index is -1.14. The predicted octanol–water partition coefficient (Wildman–Crippen LogP) is 2.59. The molecule has 39 heavy (non-hydrogen) atoms. The molecule has 1 saturated heterocycles. The lowest BCUT2D eigenvalue weighted by Gasteiger charge is -2.23. The number of hydrogen-bond donors (Lipinski definition) is 2. The van der Waals surface area contributed by atoms with Gasteiger partial charge in [-0.1, -0.05) is 23.4 Å². The van der Waals surface area contributed by atoms with E-state index in [4.69, 9.17) is 10.6 Å². The van der Waals surface area contributed by atoms with Crippen molar-refractivity contribution < 1.29 is 29.1 Å². The molecule has 2 aromatic rings. The number of likely N-dealkylation sites (tertiary alicyclic amines) is 1. The number of oxime groups is 1. The van der Waals surface area contributed by atoms with E-state index in [0.717, 1.165) is 17.0 Å². The number of allylic oxidation sites excluding steroid dienone is 1. The van der Waals surface area contributed by atoms with Crippen LogP contribution in [0.1, 0.15) is 41.3 Å². The maximum Gasteiger partial charge on any atom is 0.279 e. The normalized spacial score (nSPS) is 20.1. The van der Waals surface area contributed by atoms with E-state index in [2.05, 4.69) is 10.5 Å². The second-order valence-electron chi connectivity index (χ2n) is 9.27. The molecule has 2 aromatic carbocycles. The lowest BCUT2D eigenvalue weighted by atomic mass is 9.91. The van der Waals surface area contributed by atoms with Gasteiger partial charge in [-0.2, -0.15) is 0 Å². The summed E-state index contributed by atoms with van der Waals surface area (Å²) in [5, 5.41) is 29.7. The van der Waals surface area contributed by atoms with Crippen LogP contribution in [-0.2, 0) is 14.4 Å². The Balaban J connectivity index is 1.61. The SMILES string of the molecule is C/C=C/C(=O)Nc1cccc(C2=NOC3(C2)CC(C(N)=O)N(C(=O)c2cc([N+](=O)[O-])cc([N+](=O)[O-])c2C)C3)c1. The first-order valence-corrected chi connectivity index (χ1v) is 11.8. The second-order valence-corrected chi connectivity index (χ2v) is 9.27. The highest BCUT2D eigenvalue weighted by atomic mass is 16.7. The molecule has 0 bridgehead atoms. The molecule has 0 aromatic heterocycles. The molecule has 202 valence electrons. The number of carbonyl (C=O) groups excluding carboxylic acids is 3. The van der Waals surface area contributed by atoms with E-state index in [9.17, 15) is 34.6 Å². The van der Waals surface area contributed by atoms with E-state index in [1.54, 1.807) is 37.3 Å². The summed E-state index contributed by atoms with van der Waals surface area (Å²) in [6.45, 7) is 2.88. The first-order chi connectivity index (χ1) is 18.4. The summed E-state index contributed by atoms with van der Waals surface area (Å²) >= 11 is 0. The Morgan fingerprint density at radius 3 is 2.59 bits per heavy atom. The number of nitro benzene ring substituents is 2. The highest BCUT2D eigenvalue weighted by Crippen LogP contribution is 2.40. The van der Waals surface area contributed by atoms with Crippen LogP contribution in [0.4, 0.5) is 17.1 Å². The zero-order valence-electron chi connectivity index (χ0n) is 20.9. The average molecular weight is 537 g/mol. The number of primary amides is 1. The molecule has 14 heteroatoms. The van der Waals surface area contributed by atoms with Crippen LogP contribution in [0.15, 0.2) is 53.7 Å². The zero-order chi connectivity index (χ0) is 28.5. The molecule has 14 nitrogen and oxygen atoms in total. The summed E-state index contributed by atoms with van der Waals surface area (Å²) < 4.78 is 0. The molecule has 0 saturated carbocycles. The van der Waals surface area contributed by atoms with E-state index < -0.39 is 44.7 Å². The van der Waals surface area contributed by atoms with Crippen molar-refractivity contribution in [3.63, 3.8) is 0 Å². The van der Waals surface area contributed by atoms with Gasteiger partial charge in [0, 0.05) is 35.7 Å². The van der Waals surface area contributed by atoms with Crippen molar-refractivity contribution in [3.05, 3.63) is 85.5 Å². The van der Waals surface area contributed by atoms with Crippen molar-refractivity contribution in [2.75, 3.05) is 11.9 Å². The Labute approximate surface area is 221 Å². The summed E-state index contributed by atoms with van der Waals surface area (Å²) in [6, 6.07) is 7.48. The number of hydrogen-bond acceptors (Lipinski definition) is 9. The third kappa shape index (κ3) is 5.30. The van der Waals surface area contributed by atoms with Crippen LogP contribution >= 0.6 is 0 Å². The van der Waals surface area contributed by atoms with E-state index in [1.165, 1.54) is 13.0 Å². The smallest absolute Gasteiger partial charge is 0.279 e. The van der Waals surface area contributed by atoms with Crippen molar-refractivity contribution in [2.45, 2.75) is 38.3 Å². The number of nitro groups is 2. The largest absolute Gasteiger partial charge is 0.387 e. The van der Waals surface area contributed by atoms with Crippen LogP contribution in [0, 0.1) is 27.2 Å². The lowest BCUT2D eigenvalue weighted by Crippen LogP contribution is -2.44. The van der Waals surface area contributed by atoms with Crippen molar-refractivity contribution >= 4 is 40.5 Å². The standard InChI is InChI=1S/C25H24N6O8/c1-3-5-22(32)27-16-7-4-6-15(8-16)19-11-25(39-28-19)12-21(23(26)33)29(13-25)24(34)18-9-17(30(35)36)10-20(14(18)2)31(37)38/h3-10,21H,11-13H2,1-2H3,(H2,26,33)(H,27,32)/b5-3+. The minimum absolute atomic E-state index is 0.00510. The summed E-state index contributed by atoms with van der Waals surface area (Å²) in [5.41, 5.74) is 4.57. The Morgan fingerprint density at radius 2 is 1.95 bits per heavy atom. The molecule has 4 rings (SSSR count). The molecular formula is C25H24N6O8. The maximum atomic E-state index is 13.6. The first kappa shape index (κ1) is 26.9. The van der Waals surface area contributed by atoms with Crippen molar-refractivity contribution in [3.8, 4) is 0 Å². The Kier molecular flexibility index (Phi) is 7.12. The fourth-order valence-corrected chi connectivity index (χ4v) is 4.75.